The molecule has 0 radical (unpaired) electrons. The van der Waals surface area contributed by atoms with Crippen molar-refractivity contribution < 1.29 is 0 Å². The average Bonchev–Trinajstić information content (AvgIpc) is 3.28. The van der Waals surface area contributed by atoms with Crippen molar-refractivity contribution >= 4 is 53.9 Å². The Kier molecular flexibility index (Phi) is 7.60. The van der Waals surface area contributed by atoms with E-state index in [1.54, 1.807) is 0 Å². The molecule has 11 rings (SSSR count). The molecule has 0 saturated heterocycles. The van der Waals surface area contributed by atoms with E-state index in [4.69, 9.17) is 0 Å². The standard InChI is InChI=1S/C56H36/c1-3-13-37(14-4-1)39-23-28-42(29-24-39)54-49-21-11-12-22-50(49)55(43-30-25-40(26-31-43)38-15-5-2-6-16-38)53-35-44(33-34-51(53)54)52-36-45-32-27-41-17-7-8-18-46(41)56(45)48-20-10-9-19-47(48)52/h1-36H. The number of rotatable bonds is 5. The summed E-state index contributed by atoms with van der Waals surface area (Å²) in [6.45, 7) is 0. The van der Waals surface area contributed by atoms with Gasteiger partial charge in [-0.25, -0.2) is 0 Å². The zero-order valence-electron chi connectivity index (χ0n) is 30.8. The van der Waals surface area contributed by atoms with Crippen molar-refractivity contribution in [1.29, 1.82) is 0 Å². The quantitative estimate of drug-likeness (QED) is 0.123. The highest BCUT2D eigenvalue weighted by molar-refractivity contribution is 6.25. The Labute approximate surface area is 326 Å². The summed E-state index contributed by atoms with van der Waals surface area (Å²) in [5, 5.41) is 12.7. The fourth-order valence-electron chi connectivity index (χ4n) is 9.01. The normalized spacial score (nSPS) is 11.6. The zero-order valence-corrected chi connectivity index (χ0v) is 30.8. The molecule has 0 spiro atoms. The Morgan fingerprint density at radius 3 is 1.21 bits per heavy atom. The van der Waals surface area contributed by atoms with Crippen LogP contribution in [0.15, 0.2) is 218 Å². The van der Waals surface area contributed by atoms with E-state index in [1.807, 2.05) is 0 Å². The van der Waals surface area contributed by atoms with E-state index in [0.717, 1.165) is 0 Å². The summed E-state index contributed by atoms with van der Waals surface area (Å²) in [5.74, 6) is 0. The van der Waals surface area contributed by atoms with Crippen LogP contribution in [0.3, 0.4) is 0 Å². The van der Waals surface area contributed by atoms with Gasteiger partial charge >= 0.3 is 0 Å². The van der Waals surface area contributed by atoms with E-state index in [9.17, 15) is 0 Å². The van der Waals surface area contributed by atoms with Crippen molar-refractivity contribution in [3.05, 3.63) is 218 Å². The number of hydrogen-bond donors (Lipinski definition) is 0. The van der Waals surface area contributed by atoms with Crippen LogP contribution in [0.1, 0.15) is 0 Å². The van der Waals surface area contributed by atoms with Gasteiger partial charge in [0.15, 0.2) is 0 Å². The lowest BCUT2D eigenvalue weighted by molar-refractivity contribution is 1.60. The van der Waals surface area contributed by atoms with E-state index < -0.39 is 0 Å². The van der Waals surface area contributed by atoms with E-state index in [-0.39, 0.29) is 0 Å². The van der Waals surface area contributed by atoms with Gasteiger partial charge in [0.05, 0.1) is 0 Å². The van der Waals surface area contributed by atoms with Crippen molar-refractivity contribution in [2.24, 2.45) is 0 Å². The number of benzene rings is 11. The maximum absolute atomic E-state index is 2.46. The lowest BCUT2D eigenvalue weighted by Gasteiger charge is -2.20. The molecule has 0 heteroatoms. The lowest BCUT2D eigenvalue weighted by atomic mass is 9.83. The summed E-state index contributed by atoms with van der Waals surface area (Å²) in [4.78, 5) is 0. The smallest absolute Gasteiger partial charge is 0.00261 e. The van der Waals surface area contributed by atoms with Crippen LogP contribution < -0.4 is 0 Å². The van der Waals surface area contributed by atoms with Crippen LogP contribution in [0.2, 0.25) is 0 Å². The minimum atomic E-state index is 1.21. The third-order valence-corrected chi connectivity index (χ3v) is 11.6. The largest absolute Gasteiger partial charge is 0.0622 e. The third kappa shape index (κ3) is 5.30. The Bertz CT molecular complexity index is 3250. The summed E-state index contributed by atoms with van der Waals surface area (Å²) in [7, 11) is 0. The molecule has 260 valence electrons. The van der Waals surface area contributed by atoms with E-state index in [2.05, 4.69) is 218 Å². The molecular formula is C56H36. The number of fused-ring (bicyclic) bond motifs is 7. The minimum absolute atomic E-state index is 1.21. The first kappa shape index (κ1) is 32.2. The highest BCUT2D eigenvalue weighted by Gasteiger charge is 2.19. The first-order valence-electron chi connectivity index (χ1n) is 19.4. The zero-order chi connectivity index (χ0) is 37.0. The highest BCUT2D eigenvalue weighted by atomic mass is 14.2. The summed E-state index contributed by atoms with van der Waals surface area (Å²) in [5.41, 5.74) is 12.3. The highest BCUT2D eigenvalue weighted by Crippen LogP contribution is 2.46. The van der Waals surface area contributed by atoms with Gasteiger partial charge in [-0.3, -0.25) is 0 Å². The molecule has 0 atom stereocenters. The van der Waals surface area contributed by atoms with Crippen LogP contribution in [0, 0.1) is 0 Å². The van der Waals surface area contributed by atoms with Gasteiger partial charge in [-0.2, -0.15) is 0 Å². The van der Waals surface area contributed by atoms with Gasteiger partial charge in [0, 0.05) is 0 Å². The average molecular weight is 709 g/mol. The molecule has 0 aromatic heterocycles. The molecule has 0 N–H and O–H groups in total. The SMILES string of the molecule is c1ccc(-c2ccc(-c3c4ccccc4c(-c4ccc(-c5ccccc5)cc4)c4cc(-c5cc6ccc7ccccc7c6c6ccccc56)ccc34)cc2)cc1. The fourth-order valence-corrected chi connectivity index (χ4v) is 9.01. The van der Waals surface area contributed by atoms with Crippen molar-refractivity contribution in [1.82, 2.24) is 0 Å². The van der Waals surface area contributed by atoms with Crippen LogP contribution in [0.5, 0.6) is 0 Å². The van der Waals surface area contributed by atoms with E-state index in [0.29, 0.717) is 0 Å². The summed E-state index contributed by atoms with van der Waals surface area (Å²) >= 11 is 0. The molecule has 0 amide bonds. The van der Waals surface area contributed by atoms with Crippen LogP contribution in [-0.2, 0) is 0 Å². The molecule has 0 aliphatic heterocycles. The molecular weight excluding hydrogens is 673 g/mol. The van der Waals surface area contributed by atoms with E-state index in [1.165, 1.54) is 109 Å². The first-order valence-corrected chi connectivity index (χ1v) is 19.4. The van der Waals surface area contributed by atoms with Gasteiger partial charge in [0.1, 0.15) is 0 Å². The van der Waals surface area contributed by atoms with Crippen molar-refractivity contribution in [2.45, 2.75) is 0 Å². The lowest BCUT2D eigenvalue weighted by Crippen LogP contribution is -1.93. The molecule has 11 aromatic rings. The molecule has 0 bridgehead atoms. The summed E-state index contributed by atoms with van der Waals surface area (Å²) in [6.07, 6.45) is 0. The third-order valence-electron chi connectivity index (χ3n) is 11.6. The minimum Gasteiger partial charge on any atom is -0.0622 e. The Morgan fingerprint density at radius 1 is 0.196 bits per heavy atom. The molecule has 0 aliphatic carbocycles. The summed E-state index contributed by atoms with van der Waals surface area (Å²) in [6, 6.07) is 80.3. The van der Waals surface area contributed by atoms with Crippen LogP contribution in [0.4, 0.5) is 0 Å². The maximum atomic E-state index is 2.46. The van der Waals surface area contributed by atoms with Gasteiger partial charge in [0.2, 0.25) is 0 Å². The van der Waals surface area contributed by atoms with Crippen molar-refractivity contribution in [3.63, 3.8) is 0 Å². The maximum Gasteiger partial charge on any atom is -0.00261 e. The Balaban J connectivity index is 1.19. The van der Waals surface area contributed by atoms with Crippen LogP contribution in [-0.4, -0.2) is 0 Å². The molecule has 0 unspecified atom stereocenters. The van der Waals surface area contributed by atoms with Crippen LogP contribution in [0.25, 0.3) is 109 Å². The second-order valence-corrected chi connectivity index (χ2v) is 14.8. The second-order valence-electron chi connectivity index (χ2n) is 14.8. The topological polar surface area (TPSA) is 0 Å². The van der Waals surface area contributed by atoms with Crippen molar-refractivity contribution in [2.75, 3.05) is 0 Å². The summed E-state index contributed by atoms with van der Waals surface area (Å²) < 4.78 is 0. The molecule has 11 aromatic carbocycles. The predicted molar refractivity (Wildman–Crippen MR) is 241 cm³/mol. The monoisotopic (exact) mass is 708 g/mol. The van der Waals surface area contributed by atoms with Crippen LogP contribution >= 0.6 is 0 Å². The van der Waals surface area contributed by atoms with Gasteiger partial charge in [0.25, 0.3) is 0 Å². The van der Waals surface area contributed by atoms with Gasteiger partial charge in [-0.1, -0.05) is 206 Å². The molecule has 0 nitrogen and oxygen atoms in total. The van der Waals surface area contributed by atoms with Gasteiger partial charge in [-0.05, 0) is 122 Å². The molecule has 0 heterocycles. The molecule has 0 aliphatic rings. The predicted octanol–water partition coefficient (Wildman–Crippen LogP) is 15.8. The second kappa shape index (κ2) is 13.2. The fraction of sp³-hybridized carbons (Fsp3) is 0. The number of hydrogen-bond acceptors (Lipinski definition) is 0. The molecule has 56 heavy (non-hydrogen) atoms. The van der Waals surface area contributed by atoms with E-state index >= 15 is 0 Å². The Morgan fingerprint density at radius 2 is 0.607 bits per heavy atom. The molecule has 0 fully saturated rings. The van der Waals surface area contributed by atoms with Crippen molar-refractivity contribution in [3.8, 4) is 55.6 Å². The first-order chi connectivity index (χ1) is 27.8. The van der Waals surface area contributed by atoms with Gasteiger partial charge in [-0.15, -0.1) is 0 Å². The van der Waals surface area contributed by atoms with Gasteiger partial charge < -0.3 is 0 Å². The Hall–Kier alpha value is -7.28. The molecule has 0 saturated carbocycles.